The Morgan fingerprint density at radius 3 is 2.86 bits per heavy atom. The number of rotatable bonds is 8. The summed E-state index contributed by atoms with van der Waals surface area (Å²) < 4.78 is 9.46. The highest BCUT2D eigenvalue weighted by Crippen LogP contribution is 2.27. The first kappa shape index (κ1) is 20.8. The molecule has 1 aromatic carbocycles. The predicted octanol–water partition coefficient (Wildman–Crippen LogP) is 0.543. The lowest BCUT2D eigenvalue weighted by molar-refractivity contribution is -0.385. The fourth-order valence-corrected chi connectivity index (χ4v) is 2.88. The van der Waals surface area contributed by atoms with Crippen molar-refractivity contribution in [1.82, 2.24) is 5.32 Å². The van der Waals surface area contributed by atoms with Crippen LogP contribution in [0.15, 0.2) is 28.4 Å². The number of carboxylic acids is 1. The number of methoxy groups -OCH3 is 1. The van der Waals surface area contributed by atoms with Gasteiger partial charge >= 0.3 is 17.6 Å². The van der Waals surface area contributed by atoms with E-state index in [1.165, 1.54) is 24.4 Å². The first-order valence-electron chi connectivity index (χ1n) is 7.58. The number of esters is 1. The van der Waals surface area contributed by atoms with E-state index in [4.69, 9.17) is 9.84 Å². The number of benzene rings is 1. The zero-order chi connectivity index (χ0) is 20.7. The highest BCUT2D eigenvalue weighted by molar-refractivity contribution is 8.15. The zero-order valence-electron chi connectivity index (χ0n) is 14.4. The van der Waals surface area contributed by atoms with Gasteiger partial charge in [-0.1, -0.05) is 11.8 Å². The number of nitro groups is 1. The lowest BCUT2D eigenvalue weighted by atomic mass is 10.2. The molecule has 1 fully saturated rings. The average molecular weight is 410 g/mol. The third kappa shape index (κ3) is 5.77. The molecule has 1 aliphatic heterocycles. The van der Waals surface area contributed by atoms with E-state index in [-0.39, 0.29) is 23.0 Å². The number of amides is 1. The second kappa shape index (κ2) is 9.45. The molecule has 1 aromatic rings. The predicted molar refractivity (Wildman–Crippen MR) is 97.4 cm³/mol. The number of hydrogen-bond donors (Lipinski definition) is 2. The Hall–Kier alpha value is -3.48. The smallest absolute Gasteiger partial charge is 0.343 e. The standard InChI is InChI=1S/C15H14N4O8S/c1-26-13(22)7-27-10-3-2-8(4-9(10)19(24)25)6-16-18-15-17-14(23)11(28-15)5-12(20)21/h2-4,6,11H,5,7H2,1H3,(H,20,21)(H,17,18,23). The Labute approximate surface area is 161 Å². The summed E-state index contributed by atoms with van der Waals surface area (Å²) >= 11 is 0.927. The van der Waals surface area contributed by atoms with Gasteiger partial charge in [0.15, 0.2) is 17.5 Å². The molecule has 12 nitrogen and oxygen atoms in total. The van der Waals surface area contributed by atoms with Crippen LogP contribution in [0.2, 0.25) is 0 Å². The first-order chi connectivity index (χ1) is 13.3. The lowest BCUT2D eigenvalue weighted by Gasteiger charge is -2.05. The first-order valence-corrected chi connectivity index (χ1v) is 8.46. The van der Waals surface area contributed by atoms with Crippen molar-refractivity contribution in [3.8, 4) is 5.75 Å². The molecule has 28 heavy (non-hydrogen) atoms. The molecule has 1 atom stereocenters. The minimum absolute atomic E-state index is 0.117. The van der Waals surface area contributed by atoms with E-state index in [1.54, 1.807) is 0 Å². The molecule has 0 aliphatic carbocycles. The lowest BCUT2D eigenvalue weighted by Crippen LogP contribution is -2.26. The molecule has 1 unspecified atom stereocenters. The van der Waals surface area contributed by atoms with Gasteiger partial charge in [-0.3, -0.25) is 19.7 Å². The fourth-order valence-electron chi connectivity index (χ4n) is 1.97. The zero-order valence-corrected chi connectivity index (χ0v) is 15.2. The summed E-state index contributed by atoms with van der Waals surface area (Å²) in [5.74, 6) is -2.40. The van der Waals surface area contributed by atoms with Crippen molar-refractivity contribution < 1.29 is 33.9 Å². The molecule has 0 aromatic heterocycles. The number of nitrogens with one attached hydrogen (secondary N) is 1. The van der Waals surface area contributed by atoms with Crippen LogP contribution in [0.3, 0.4) is 0 Å². The summed E-state index contributed by atoms with van der Waals surface area (Å²) in [5.41, 5.74) is -0.0662. The maximum absolute atomic E-state index is 11.6. The quantitative estimate of drug-likeness (QED) is 0.269. The summed E-state index contributed by atoms with van der Waals surface area (Å²) in [6.45, 7) is -0.479. The second-order valence-electron chi connectivity index (χ2n) is 5.19. The topological polar surface area (TPSA) is 170 Å². The largest absolute Gasteiger partial charge is 0.481 e. The minimum atomic E-state index is -1.11. The molecular weight excluding hydrogens is 396 g/mol. The van der Waals surface area contributed by atoms with Crippen LogP contribution in [0.25, 0.3) is 0 Å². The van der Waals surface area contributed by atoms with Gasteiger partial charge in [0.05, 0.1) is 24.7 Å². The number of thioether (sulfide) groups is 1. The van der Waals surface area contributed by atoms with E-state index in [0.29, 0.717) is 5.56 Å². The Bertz CT molecular complexity index is 870. The van der Waals surface area contributed by atoms with Gasteiger partial charge in [-0.25, -0.2) is 4.79 Å². The molecule has 0 bridgehead atoms. The molecule has 1 heterocycles. The number of carboxylic acid groups (broad SMARTS) is 1. The maximum Gasteiger partial charge on any atom is 0.343 e. The molecule has 148 valence electrons. The summed E-state index contributed by atoms with van der Waals surface area (Å²) in [7, 11) is 1.16. The van der Waals surface area contributed by atoms with Crippen LogP contribution < -0.4 is 10.1 Å². The number of carbonyl (C=O) groups is 3. The average Bonchev–Trinajstić information content (AvgIpc) is 2.98. The van der Waals surface area contributed by atoms with Gasteiger partial charge in [-0.15, -0.1) is 5.10 Å². The summed E-state index contributed by atoms with van der Waals surface area (Å²) in [5, 5.41) is 29.1. The van der Waals surface area contributed by atoms with Crippen LogP contribution >= 0.6 is 11.8 Å². The fraction of sp³-hybridized carbons (Fsp3) is 0.267. The molecule has 1 saturated heterocycles. The van der Waals surface area contributed by atoms with Crippen molar-refractivity contribution in [2.24, 2.45) is 10.2 Å². The van der Waals surface area contributed by atoms with Gasteiger partial charge in [-0.2, -0.15) is 5.10 Å². The van der Waals surface area contributed by atoms with Gasteiger partial charge in [0.1, 0.15) is 5.25 Å². The van der Waals surface area contributed by atoms with E-state index in [2.05, 4.69) is 20.3 Å². The monoisotopic (exact) mass is 410 g/mol. The van der Waals surface area contributed by atoms with Crippen LogP contribution in [-0.2, 0) is 19.1 Å². The Kier molecular flexibility index (Phi) is 7.03. The van der Waals surface area contributed by atoms with Crippen LogP contribution in [0.5, 0.6) is 5.75 Å². The van der Waals surface area contributed by atoms with Crippen molar-refractivity contribution >= 4 is 46.7 Å². The molecule has 2 N–H and O–H groups in total. The highest BCUT2D eigenvalue weighted by atomic mass is 32.2. The van der Waals surface area contributed by atoms with Gasteiger partial charge in [0.25, 0.3) is 0 Å². The molecule has 13 heteroatoms. The molecule has 1 amide bonds. The van der Waals surface area contributed by atoms with Crippen LogP contribution in [-0.4, -0.2) is 58.2 Å². The number of nitrogens with zero attached hydrogens (tertiary/aromatic N) is 3. The van der Waals surface area contributed by atoms with Gasteiger partial charge < -0.3 is 19.9 Å². The number of hydrogen-bond acceptors (Lipinski definition) is 10. The summed E-state index contributed by atoms with van der Waals surface area (Å²) in [4.78, 5) is 43.8. The Morgan fingerprint density at radius 2 is 2.21 bits per heavy atom. The van der Waals surface area contributed by atoms with Crippen molar-refractivity contribution in [3.63, 3.8) is 0 Å². The van der Waals surface area contributed by atoms with Crippen molar-refractivity contribution in [1.29, 1.82) is 0 Å². The molecule has 2 rings (SSSR count). The number of amidine groups is 1. The minimum Gasteiger partial charge on any atom is -0.481 e. The van der Waals surface area contributed by atoms with Crippen LogP contribution in [0.4, 0.5) is 5.69 Å². The number of ether oxygens (including phenoxy) is 2. The highest BCUT2D eigenvalue weighted by Gasteiger charge is 2.32. The second-order valence-corrected chi connectivity index (χ2v) is 6.38. The van der Waals surface area contributed by atoms with E-state index in [0.717, 1.165) is 18.9 Å². The van der Waals surface area contributed by atoms with E-state index in [9.17, 15) is 24.5 Å². The maximum atomic E-state index is 11.6. The molecule has 0 spiro atoms. The molecule has 0 saturated carbocycles. The third-order valence-corrected chi connectivity index (χ3v) is 4.32. The van der Waals surface area contributed by atoms with Crippen LogP contribution in [0.1, 0.15) is 12.0 Å². The van der Waals surface area contributed by atoms with Crippen molar-refractivity contribution in [2.45, 2.75) is 11.7 Å². The summed E-state index contributed by atoms with van der Waals surface area (Å²) in [6.07, 6.45) is 0.861. The Balaban J connectivity index is 2.08. The molecule has 1 aliphatic rings. The normalized spacial score (nSPS) is 17.5. The van der Waals surface area contributed by atoms with Crippen molar-refractivity contribution in [2.75, 3.05) is 13.7 Å². The molecular formula is C15H14N4O8S. The van der Waals surface area contributed by atoms with Crippen LogP contribution in [0, 0.1) is 10.1 Å². The van der Waals surface area contributed by atoms with E-state index < -0.39 is 34.6 Å². The Morgan fingerprint density at radius 1 is 1.46 bits per heavy atom. The number of carbonyl (C=O) groups excluding carboxylic acids is 2. The van der Waals surface area contributed by atoms with E-state index in [1.807, 2.05) is 0 Å². The number of aliphatic carboxylic acids is 1. The molecule has 0 radical (unpaired) electrons. The van der Waals surface area contributed by atoms with Gasteiger partial charge in [0, 0.05) is 11.6 Å². The summed E-state index contributed by atoms with van der Waals surface area (Å²) in [6, 6.07) is 3.92. The van der Waals surface area contributed by atoms with E-state index >= 15 is 0 Å². The van der Waals surface area contributed by atoms with Gasteiger partial charge in [-0.05, 0) is 12.1 Å². The van der Waals surface area contributed by atoms with Gasteiger partial charge in [0.2, 0.25) is 5.91 Å². The SMILES string of the molecule is COC(=O)COc1ccc(C=NN=C2NC(=O)C(CC(=O)O)S2)cc1[N+](=O)[O-]. The van der Waals surface area contributed by atoms with Crippen molar-refractivity contribution in [3.05, 3.63) is 33.9 Å². The number of nitro benzene ring substituents is 1. The third-order valence-electron chi connectivity index (χ3n) is 3.24.